The van der Waals surface area contributed by atoms with E-state index in [-0.39, 0.29) is 10.7 Å². The van der Waals surface area contributed by atoms with Crippen LogP contribution in [0.2, 0.25) is 0 Å². The number of rotatable bonds is 7. The van der Waals surface area contributed by atoms with Crippen LogP contribution in [0.5, 0.6) is 0 Å². The van der Waals surface area contributed by atoms with Crippen LogP contribution in [0.1, 0.15) is 35.6 Å². The highest BCUT2D eigenvalue weighted by atomic mass is 32.2. The Bertz CT molecular complexity index is 2060. The summed E-state index contributed by atoms with van der Waals surface area (Å²) in [5.41, 5.74) is 6.29. The van der Waals surface area contributed by atoms with E-state index in [2.05, 4.69) is 27.5 Å². The molecule has 1 N–H and O–H groups in total. The normalized spacial score (nSPS) is 14.3. The molecule has 0 saturated carbocycles. The van der Waals surface area contributed by atoms with E-state index < -0.39 is 10.0 Å². The molecule has 2 aromatic carbocycles. The predicted octanol–water partition coefficient (Wildman–Crippen LogP) is 6.16. The van der Waals surface area contributed by atoms with Gasteiger partial charge in [-0.05, 0) is 74.8 Å². The molecule has 6 aromatic rings. The van der Waals surface area contributed by atoms with E-state index in [0.717, 1.165) is 59.4 Å². The Balaban J connectivity index is 1.31. The summed E-state index contributed by atoms with van der Waals surface area (Å²) in [5.74, 6) is 0.138. The zero-order valence-electron chi connectivity index (χ0n) is 24.2. The monoisotopic (exact) mass is 606 g/mol. The van der Waals surface area contributed by atoms with Gasteiger partial charge in [0.25, 0.3) is 10.0 Å². The first-order valence-electron chi connectivity index (χ1n) is 14.6. The molecule has 0 unspecified atom stereocenters. The smallest absolute Gasteiger partial charge is 0.269 e. The second-order valence-electron chi connectivity index (χ2n) is 11.3. The van der Waals surface area contributed by atoms with Crippen molar-refractivity contribution in [1.29, 1.82) is 0 Å². The highest BCUT2D eigenvalue weighted by molar-refractivity contribution is 7.90. The van der Waals surface area contributed by atoms with Gasteiger partial charge in [0, 0.05) is 64.0 Å². The lowest BCUT2D eigenvalue weighted by Gasteiger charge is -2.22. The van der Waals surface area contributed by atoms with Crippen LogP contribution in [-0.2, 0) is 16.6 Å². The number of nitrogens with zero attached hydrogens (tertiary/aromatic N) is 5. The van der Waals surface area contributed by atoms with E-state index in [9.17, 15) is 12.8 Å². The summed E-state index contributed by atoms with van der Waals surface area (Å²) >= 11 is 0. The van der Waals surface area contributed by atoms with Crippen LogP contribution in [0.25, 0.3) is 33.3 Å². The van der Waals surface area contributed by atoms with Crippen molar-refractivity contribution in [3.05, 3.63) is 120 Å². The van der Waals surface area contributed by atoms with Gasteiger partial charge < -0.3 is 5.32 Å². The van der Waals surface area contributed by atoms with Crippen LogP contribution < -0.4 is 5.32 Å². The average Bonchev–Trinajstić information content (AvgIpc) is 3.66. The summed E-state index contributed by atoms with van der Waals surface area (Å²) < 4.78 is 44.5. The van der Waals surface area contributed by atoms with Crippen molar-refractivity contribution in [2.75, 3.05) is 13.1 Å². The van der Waals surface area contributed by atoms with Crippen molar-refractivity contribution in [2.24, 2.45) is 0 Å². The van der Waals surface area contributed by atoms with Gasteiger partial charge in [0.2, 0.25) is 0 Å². The minimum atomic E-state index is -3.94. The molecule has 10 heteroatoms. The highest BCUT2D eigenvalue weighted by Gasteiger charge is 2.24. The molecule has 1 aliphatic heterocycles. The molecule has 1 fully saturated rings. The van der Waals surface area contributed by atoms with Crippen LogP contribution in [0.15, 0.2) is 103 Å². The van der Waals surface area contributed by atoms with Crippen LogP contribution in [0.3, 0.4) is 0 Å². The number of nitrogens with one attached hydrogen (secondary N) is 1. The third kappa shape index (κ3) is 5.42. The number of pyridine rings is 2. The molecular formula is C34H31FN6O2S. The molecule has 0 atom stereocenters. The van der Waals surface area contributed by atoms with Crippen molar-refractivity contribution in [1.82, 2.24) is 29.0 Å². The maximum Gasteiger partial charge on any atom is 0.269 e. The molecule has 7 rings (SSSR count). The fourth-order valence-corrected chi connectivity index (χ4v) is 7.15. The second-order valence-corrected chi connectivity index (χ2v) is 13.1. The van der Waals surface area contributed by atoms with Crippen LogP contribution in [0.4, 0.5) is 4.39 Å². The van der Waals surface area contributed by atoms with Gasteiger partial charge in [-0.3, -0.25) is 9.67 Å². The van der Waals surface area contributed by atoms with E-state index in [1.807, 2.05) is 31.5 Å². The lowest BCUT2D eigenvalue weighted by Crippen LogP contribution is -2.26. The Morgan fingerprint density at radius 2 is 1.68 bits per heavy atom. The molecular weight excluding hydrogens is 575 g/mol. The molecule has 4 aromatic heterocycles. The number of piperidine rings is 1. The Hall–Kier alpha value is -4.67. The first-order chi connectivity index (χ1) is 21.3. The zero-order chi connectivity index (χ0) is 30.3. The third-order valence-corrected chi connectivity index (χ3v) is 9.91. The summed E-state index contributed by atoms with van der Waals surface area (Å²) in [6.07, 6.45) is 10.8. The van der Waals surface area contributed by atoms with Gasteiger partial charge >= 0.3 is 0 Å². The van der Waals surface area contributed by atoms with Crippen LogP contribution in [-0.4, -0.2) is 45.2 Å². The lowest BCUT2D eigenvalue weighted by molar-refractivity contribution is 0.453. The molecule has 222 valence electrons. The lowest BCUT2D eigenvalue weighted by atomic mass is 9.93. The number of aryl methyl sites for hydroxylation is 1. The zero-order valence-corrected chi connectivity index (χ0v) is 25.0. The summed E-state index contributed by atoms with van der Waals surface area (Å²) in [4.78, 5) is 9.65. The second kappa shape index (κ2) is 11.4. The van der Waals surface area contributed by atoms with E-state index in [1.54, 1.807) is 53.6 Å². The average molecular weight is 607 g/mol. The van der Waals surface area contributed by atoms with Crippen molar-refractivity contribution in [2.45, 2.75) is 37.1 Å². The fraction of sp³-hybridized carbons (Fsp3) is 0.206. The van der Waals surface area contributed by atoms with Gasteiger partial charge in [-0.15, -0.1) is 0 Å². The van der Waals surface area contributed by atoms with Gasteiger partial charge in [-0.1, -0.05) is 35.9 Å². The quantitative estimate of drug-likeness (QED) is 0.234. The number of benzene rings is 2. The van der Waals surface area contributed by atoms with Gasteiger partial charge in [-0.2, -0.15) is 5.10 Å². The van der Waals surface area contributed by atoms with Crippen LogP contribution >= 0.6 is 0 Å². The predicted molar refractivity (Wildman–Crippen MR) is 168 cm³/mol. The molecule has 0 aliphatic carbocycles. The molecule has 0 bridgehead atoms. The molecule has 1 aliphatic rings. The summed E-state index contributed by atoms with van der Waals surface area (Å²) in [5, 5.41) is 8.57. The SMILES string of the molecule is Cc1ccc(S(=O)(=O)n2cc(-c3cnn(Cc4cccc(F)c4)c3)c3cc(-c4ccc(C5CCNCC5)nc4)cnc32)cc1. The standard InChI is InChI=1S/C34H31FN6O2S/c1-23-5-8-30(9-6-23)44(42,43)41-22-32(28-19-39-40(21-28)20-24-3-2-4-29(35)15-24)31-16-27(18-38-34(31)41)26-7-10-33(37-17-26)25-11-13-36-14-12-25/h2-10,15-19,21-22,25,36H,11-14,20H2,1H3. The Morgan fingerprint density at radius 1 is 0.886 bits per heavy atom. The number of fused-ring (bicyclic) bond motifs is 1. The molecule has 0 amide bonds. The Morgan fingerprint density at radius 3 is 2.43 bits per heavy atom. The van der Waals surface area contributed by atoms with E-state index in [4.69, 9.17) is 4.98 Å². The summed E-state index contributed by atoms with van der Waals surface area (Å²) in [7, 11) is -3.94. The van der Waals surface area contributed by atoms with Gasteiger partial charge in [0.05, 0.1) is 17.6 Å². The van der Waals surface area contributed by atoms with E-state index >= 15 is 0 Å². The first-order valence-corrected chi connectivity index (χ1v) is 16.1. The van der Waals surface area contributed by atoms with Gasteiger partial charge in [-0.25, -0.2) is 21.8 Å². The molecule has 5 heterocycles. The minimum Gasteiger partial charge on any atom is -0.317 e. The maximum absolute atomic E-state index is 13.9. The Kier molecular flexibility index (Phi) is 7.31. The summed E-state index contributed by atoms with van der Waals surface area (Å²) in [6, 6.07) is 19.3. The number of hydrogen-bond donors (Lipinski definition) is 1. The van der Waals surface area contributed by atoms with Crippen molar-refractivity contribution >= 4 is 21.1 Å². The highest BCUT2D eigenvalue weighted by Crippen LogP contribution is 2.35. The van der Waals surface area contributed by atoms with Crippen molar-refractivity contribution in [3.8, 4) is 22.3 Å². The molecule has 8 nitrogen and oxygen atoms in total. The molecule has 44 heavy (non-hydrogen) atoms. The minimum absolute atomic E-state index is 0.178. The van der Waals surface area contributed by atoms with E-state index in [1.165, 1.54) is 16.1 Å². The van der Waals surface area contributed by atoms with Crippen molar-refractivity contribution < 1.29 is 12.8 Å². The van der Waals surface area contributed by atoms with Gasteiger partial charge in [0.1, 0.15) is 5.82 Å². The molecule has 1 saturated heterocycles. The number of aromatic nitrogens is 5. The Labute approximate surface area is 255 Å². The number of halogens is 1. The first kappa shape index (κ1) is 28.1. The fourth-order valence-electron chi connectivity index (χ4n) is 5.82. The molecule has 0 spiro atoms. The third-order valence-electron chi connectivity index (χ3n) is 8.24. The summed E-state index contributed by atoms with van der Waals surface area (Å²) in [6.45, 7) is 4.28. The molecule has 0 radical (unpaired) electrons. The van der Waals surface area contributed by atoms with Crippen molar-refractivity contribution in [3.63, 3.8) is 0 Å². The number of hydrogen-bond acceptors (Lipinski definition) is 6. The largest absolute Gasteiger partial charge is 0.317 e. The van der Waals surface area contributed by atoms with E-state index in [0.29, 0.717) is 29.1 Å². The maximum atomic E-state index is 13.9. The topological polar surface area (TPSA) is 94.7 Å². The van der Waals surface area contributed by atoms with Gasteiger partial charge in [0.15, 0.2) is 5.65 Å². The van der Waals surface area contributed by atoms with Crippen LogP contribution in [0, 0.1) is 12.7 Å².